The molecule has 0 saturated carbocycles. The van der Waals surface area contributed by atoms with Gasteiger partial charge in [-0.1, -0.05) is 6.07 Å². The first kappa shape index (κ1) is 19.6. The highest BCUT2D eigenvalue weighted by Gasteiger charge is 2.10. The molecule has 0 radical (unpaired) electrons. The fraction of sp³-hybridized carbons (Fsp3) is 0.0476. The molecule has 29 heavy (non-hydrogen) atoms. The first-order valence-corrected chi connectivity index (χ1v) is 8.77. The molecule has 0 aliphatic rings. The normalized spacial score (nSPS) is 9.97. The van der Waals surface area contributed by atoms with Crippen molar-refractivity contribution in [2.45, 2.75) is 0 Å². The number of pyridine rings is 1. The molecule has 1 aromatic heterocycles. The highest BCUT2D eigenvalue weighted by Crippen LogP contribution is 2.17. The lowest BCUT2D eigenvalue weighted by Gasteiger charge is -2.09. The maximum atomic E-state index is 12.5. The van der Waals surface area contributed by atoms with Gasteiger partial charge in [-0.25, -0.2) is 4.79 Å². The third-order valence-corrected chi connectivity index (χ3v) is 3.93. The van der Waals surface area contributed by atoms with E-state index in [1.807, 2.05) is 0 Å². The van der Waals surface area contributed by atoms with Crippen LogP contribution in [0.1, 0.15) is 20.7 Å². The average Bonchev–Trinajstić information content (AvgIpc) is 2.75. The molecule has 2 aromatic carbocycles. The van der Waals surface area contributed by atoms with E-state index >= 15 is 0 Å². The Kier molecular flexibility index (Phi) is 6.16. The van der Waals surface area contributed by atoms with Gasteiger partial charge in [0.15, 0.2) is 0 Å². The van der Waals surface area contributed by atoms with E-state index in [0.29, 0.717) is 28.2 Å². The van der Waals surface area contributed by atoms with E-state index < -0.39 is 0 Å². The van der Waals surface area contributed by atoms with Crippen LogP contribution in [0.4, 0.5) is 21.9 Å². The van der Waals surface area contributed by atoms with Crippen molar-refractivity contribution < 1.29 is 14.4 Å². The summed E-state index contributed by atoms with van der Waals surface area (Å²) in [7, 11) is 1.53. The predicted octanol–water partition coefficient (Wildman–Crippen LogP) is 3.34. The molecule has 0 spiro atoms. The Balaban J connectivity index is 1.65. The number of urea groups is 1. The topological polar surface area (TPSA) is 112 Å². The quantitative estimate of drug-likeness (QED) is 0.536. The van der Waals surface area contributed by atoms with Crippen molar-refractivity contribution in [3.05, 3.63) is 84.2 Å². The third kappa shape index (κ3) is 5.39. The standard InChI is InChI=1S/C21H19N5O3/c1-22-21(29)26-17-9-7-16(8-10-17)24-19(27)14-4-2-6-18(12-14)25-20(28)15-5-3-11-23-13-15/h2-13H,1H3,(H,24,27)(H,25,28)(H2,22,26,29). The van der Waals surface area contributed by atoms with Crippen LogP contribution < -0.4 is 21.3 Å². The lowest BCUT2D eigenvalue weighted by molar-refractivity contribution is 0.101. The molecule has 8 heteroatoms. The van der Waals surface area contributed by atoms with Crippen LogP contribution in [0.15, 0.2) is 73.1 Å². The summed E-state index contributed by atoms with van der Waals surface area (Å²) in [5, 5.41) is 10.6. The van der Waals surface area contributed by atoms with Crippen LogP contribution in [-0.4, -0.2) is 29.9 Å². The molecular formula is C21H19N5O3. The predicted molar refractivity (Wildman–Crippen MR) is 111 cm³/mol. The maximum Gasteiger partial charge on any atom is 0.318 e. The van der Waals surface area contributed by atoms with Crippen LogP contribution in [0.5, 0.6) is 0 Å². The Morgan fingerprint density at radius 1 is 0.724 bits per heavy atom. The molecule has 0 atom stereocenters. The smallest absolute Gasteiger partial charge is 0.318 e. The van der Waals surface area contributed by atoms with Gasteiger partial charge in [0.05, 0.1) is 5.56 Å². The number of aromatic nitrogens is 1. The highest BCUT2D eigenvalue weighted by atomic mass is 16.2. The zero-order valence-electron chi connectivity index (χ0n) is 15.6. The van der Waals surface area contributed by atoms with Crippen molar-refractivity contribution in [1.82, 2.24) is 10.3 Å². The summed E-state index contributed by atoms with van der Waals surface area (Å²) in [5.41, 5.74) is 2.48. The number of amides is 4. The van der Waals surface area contributed by atoms with Crippen LogP contribution in [0, 0.1) is 0 Å². The van der Waals surface area contributed by atoms with Gasteiger partial charge < -0.3 is 21.3 Å². The molecule has 3 rings (SSSR count). The van der Waals surface area contributed by atoms with Crippen LogP contribution in [-0.2, 0) is 0 Å². The molecule has 0 fully saturated rings. The highest BCUT2D eigenvalue weighted by molar-refractivity contribution is 6.07. The van der Waals surface area contributed by atoms with Gasteiger partial charge in [-0.2, -0.15) is 0 Å². The Labute approximate surface area is 167 Å². The minimum absolute atomic E-state index is 0.310. The van der Waals surface area contributed by atoms with Crippen molar-refractivity contribution in [2.24, 2.45) is 0 Å². The van der Waals surface area contributed by atoms with Gasteiger partial charge in [-0.3, -0.25) is 14.6 Å². The number of nitrogens with zero attached hydrogens (tertiary/aromatic N) is 1. The van der Waals surface area contributed by atoms with E-state index in [0.717, 1.165) is 0 Å². The molecule has 4 N–H and O–H groups in total. The Hall–Kier alpha value is -4.20. The lowest BCUT2D eigenvalue weighted by atomic mass is 10.1. The van der Waals surface area contributed by atoms with Crippen LogP contribution in [0.2, 0.25) is 0 Å². The largest absolute Gasteiger partial charge is 0.341 e. The average molecular weight is 389 g/mol. The number of hydrogen-bond acceptors (Lipinski definition) is 4. The molecule has 4 amide bonds. The van der Waals surface area contributed by atoms with Gasteiger partial charge in [-0.15, -0.1) is 0 Å². The fourth-order valence-corrected chi connectivity index (χ4v) is 2.47. The summed E-state index contributed by atoms with van der Waals surface area (Å²) < 4.78 is 0. The summed E-state index contributed by atoms with van der Waals surface area (Å²) in [5.74, 6) is -0.635. The number of rotatable bonds is 5. The summed E-state index contributed by atoms with van der Waals surface area (Å²) in [6.45, 7) is 0. The van der Waals surface area contributed by atoms with Crippen LogP contribution >= 0.6 is 0 Å². The number of carbonyl (C=O) groups is 3. The fourth-order valence-electron chi connectivity index (χ4n) is 2.47. The molecular weight excluding hydrogens is 370 g/mol. The van der Waals surface area contributed by atoms with Crippen LogP contribution in [0.25, 0.3) is 0 Å². The third-order valence-electron chi connectivity index (χ3n) is 3.93. The molecule has 1 heterocycles. The Bertz CT molecular complexity index is 1020. The Morgan fingerprint density at radius 2 is 1.34 bits per heavy atom. The molecule has 3 aromatic rings. The number of carbonyl (C=O) groups excluding carboxylic acids is 3. The van der Waals surface area contributed by atoms with E-state index in [1.165, 1.54) is 13.2 Å². The van der Waals surface area contributed by atoms with E-state index in [9.17, 15) is 14.4 Å². The summed E-state index contributed by atoms with van der Waals surface area (Å²) in [4.78, 5) is 40.0. The van der Waals surface area contributed by atoms with E-state index in [2.05, 4.69) is 26.3 Å². The van der Waals surface area contributed by atoms with Gasteiger partial charge in [0, 0.05) is 42.1 Å². The van der Waals surface area contributed by atoms with Gasteiger partial charge in [-0.05, 0) is 54.6 Å². The molecule has 0 aliphatic carbocycles. The SMILES string of the molecule is CNC(=O)Nc1ccc(NC(=O)c2cccc(NC(=O)c3cccnc3)c2)cc1. The number of nitrogens with one attached hydrogen (secondary N) is 4. The molecule has 146 valence electrons. The van der Waals surface area contributed by atoms with E-state index in [-0.39, 0.29) is 17.8 Å². The van der Waals surface area contributed by atoms with Crippen molar-refractivity contribution >= 4 is 34.9 Å². The molecule has 0 saturated heterocycles. The second-order valence-electron chi connectivity index (χ2n) is 6.01. The summed E-state index contributed by atoms with van der Waals surface area (Å²) in [6.07, 6.45) is 3.05. The second kappa shape index (κ2) is 9.14. The first-order chi connectivity index (χ1) is 14.0. The summed E-state index contributed by atoms with van der Waals surface area (Å²) in [6, 6.07) is 16.3. The molecule has 8 nitrogen and oxygen atoms in total. The van der Waals surface area contributed by atoms with Crippen molar-refractivity contribution in [2.75, 3.05) is 23.0 Å². The second-order valence-corrected chi connectivity index (χ2v) is 6.01. The number of anilines is 3. The zero-order chi connectivity index (χ0) is 20.6. The van der Waals surface area contributed by atoms with Crippen molar-refractivity contribution in [1.29, 1.82) is 0 Å². The Morgan fingerprint density at radius 3 is 2.00 bits per heavy atom. The number of benzene rings is 2. The minimum atomic E-state index is -0.327. The van der Waals surface area contributed by atoms with Gasteiger partial charge in [0.25, 0.3) is 11.8 Å². The van der Waals surface area contributed by atoms with Crippen molar-refractivity contribution in [3.8, 4) is 0 Å². The lowest BCUT2D eigenvalue weighted by Crippen LogP contribution is -2.24. The maximum absolute atomic E-state index is 12.5. The first-order valence-electron chi connectivity index (χ1n) is 8.77. The molecule has 0 unspecified atom stereocenters. The van der Waals surface area contributed by atoms with Crippen LogP contribution in [0.3, 0.4) is 0 Å². The molecule has 0 bridgehead atoms. The van der Waals surface area contributed by atoms with E-state index in [1.54, 1.807) is 66.9 Å². The van der Waals surface area contributed by atoms with Gasteiger partial charge >= 0.3 is 6.03 Å². The molecule has 0 aliphatic heterocycles. The number of hydrogen-bond donors (Lipinski definition) is 4. The van der Waals surface area contributed by atoms with Gasteiger partial charge in [0.2, 0.25) is 0 Å². The van der Waals surface area contributed by atoms with Gasteiger partial charge in [0.1, 0.15) is 0 Å². The van der Waals surface area contributed by atoms with Crippen molar-refractivity contribution in [3.63, 3.8) is 0 Å². The monoisotopic (exact) mass is 389 g/mol. The zero-order valence-corrected chi connectivity index (χ0v) is 15.6. The minimum Gasteiger partial charge on any atom is -0.341 e. The summed E-state index contributed by atoms with van der Waals surface area (Å²) >= 11 is 0. The van der Waals surface area contributed by atoms with E-state index in [4.69, 9.17) is 0 Å².